The number of nitrogens with zero attached hydrogens (tertiary/aromatic N) is 4. The molecule has 3 heterocycles. The van der Waals surface area contributed by atoms with Gasteiger partial charge in [-0.3, -0.25) is 4.79 Å². The lowest BCUT2D eigenvalue weighted by Crippen LogP contribution is -2.48. The number of aliphatic hydroxyl groups excluding tert-OH is 1. The van der Waals surface area contributed by atoms with Gasteiger partial charge in [-0.15, -0.1) is 16.4 Å². The molecule has 1 amide bonds. The van der Waals surface area contributed by atoms with Crippen LogP contribution in [0, 0.1) is 0 Å². The molecule has 2 aromatic heterocycles. The monoisotopic (exact) mass is 428 g/mol. The van der Waals surface area contributed by atoms with Crippen LogP contribution in [0.15, 0.2) is 48.0 Å². The molecular weight excluding hydrogens is 408 g/mol. The Morgan fingerprint density at radius 1 is 1.21 bits per heavy atom. The maximum Gasteiger partial charge on any atom is 0.264 e. The highest BCUT2D eigenvalue weighted by Crippen LogP contribution is 2.40. The van der Waals surface area contributed by atoms with Crippen LogP contribution in [0.3, 0.4) is 0 Å². The highest BCUT2D eigenvalue weighted by molar-refractivity contribution is 7.12. The molecule has 1 aromatic carbocycles. The van der Waals surface area contributed by atoms with E-state index in [1.807, 2.05) is 52.9 Å². The summed E-state index contributed by atoms with van der Waals surface area (Å²) in [5, 5.41) is 22.1. The van der Waals surface area contributed by atoms with Crippen molar-refractivity contribution in [3.05, 3.63) is 69.1 Å². The Balaban J connectivity index is 1.47. The lowest BCUT2D eigenvalue weighted by molar-refractivity contribution is -0.00165. The van der Waals surface area contributed by atoms with Crippen molar-refractivity contribution in [1.29, 1.82) is 0 Å². The number of rotatable bonds is 4. The molecule has 3 atom stereocenters. The molecule has 2 aliphatic rings. The van der Waals surface area contributed by atoms with Gasteiger partial charge in [-0.1, -0.05) is 35.0 Å². The van der Waals surface area contributed by atoms with E-state index in [1.54, 1.807) is 4.68 Å². The van der Waals surface area contributed by atoms with E-state index in [0.717, 1.165) is 24.1 Å². The normalized spacial score (nSPS) is 24.6. The van der Waals surface area contributed by atoms with Crippen molar-refractivity contribution in [2.75, 3.05) is 6.54 Å². The molecule has 6 nitrogen and oxygen atoms in total. The molecule has 8 heteroatoms. The number of hydrogen-bond acceptors (Lipinski definition) is 5. The van der Waals surface area contributed by atoms with E-state index in [4.69, 9.17) is 11.6 Å². The third-order valence-electron chi connectivity index (χ3n) is 5.78. The molecule has 1 saturated heterocycles. The molecule has 1 saturated carbocycles. The van der Waals surface area contributed by atoms with Gasteiger partial charge in [0.15, 0.2) is 0 Å². The third-order valence-corrected chi connectivity index (χ3v) is 6.89. The van der Waals surface area contributed by atoms with Crippen molar-refractivity contribution in [3.63, 3.8) is 0 Å². The number of thiophene rings is 1. The summed E-state index contributed by atoms with van der Waals surface area (Å²) < 4.78 is 1.74. The largest absolute Gasteiger partial charge is 0.391 e. The second-order valence-electron chi connectivity index (χ2n) is 7.77. The topological polar surface area (TPSA) is 71.2 Å². The van der Waals surface area contributed by atoms with Gasteiger partial charge in [0.25, 0.3) is 5.91 Å². The molecule has 3 aromatic rings. The lowest BCUT2D eigenvalue weighted by atomic mass is 9.90. The van der Waals surface area contributed by atoms with E-state index in [9.17, 15) is 9.90 Å². The van der Waals surface area contributed by atoms with Crippen LogP contribution in [0.5, 0.6) is 0 Å². The molecule has 0 radical (unpaired) electrons. The van der Waals surface area contributed by atoms with Gasteiger partial charge in [-0.25, -0.2) is 4.68 Å². The van der Waals surface area contributed by atoms with Crippen LogP contribution in [-0.2, 0) is 0 Å². The van der Waals surface area contributed by atoms with Crippen LogP contribution in [0.4, 0.5) is 0 Å². The molecule has 0 unspecified atom stereocenters. The number of likely N-dealkylation sites (tertiary alicyclic amines) is 1. The van der Waals surface area contributed by atoms with Gasteiger partial charge in [0.1, 0.15) is 0 Å². The number of halogens is 1. The fourth-order valence-corrected chi connectivity index (χ4v) is 4.81. The van der Waals surface area contributed by atoms with Crippen molar-refractivity contribution in [2.45, 2.75) is 43.4 Å². The Labute approximate surface area is 177 Å². The van der Waals surface area contributed by atoms with Gasteiger partial charge in [0.05, 0.1) is 28.8 Å². The minimum atomic E-state index is -0.628. The molecular formula is C21H21ClN4O2S. The Kier molecular flexibility index (Phi) is 4.89. The molecule has 29 heavy (non-hydrogen) atoms. The first-order chi connectivity index (χ1) is 14.1. The summed E-state index contributed by atoms with van der Waals surface area (Å²) in [4.78, 5) is 15.8. The molecule has 5 rings (SSSR count). The predicted molar refractivity (Wildman–Crippen MR) is 111 cm³/mol. The summed E-state index contributed by atoms with van der Waals surface area (Å²) in [6.07, 6.45) is 4.03. The standard InChI is InChI=1S/C21H21ClN4O2S/c22-15-7-5-14(6-8-15)17-10-19(27)18(26-11-16(23-24-26)13-3-4-13)12-25(17)21(28)20-2-1-9-29-20/h1-2,5-9,11,13,17-19,27H,3-4,10,12H2/t17-,18+,19-/m1/s1. The zero-order chi connectivity index (χ0) is 20.0. The molecule has 0 bridgehead atoms. The van der Waals surface area contributed by atoms with Gasteiger partial charge >= 0.3 is 0 Å². The fourth-order valence-electron chi connectivity index (χ4n) is 4.01. The first kappa shape index (κ1) is 18.8. The van der Waals surface area contributed by atoms with E-state index >= 15 is 0 Å². The van der Waals surface area contributed by atoms with Gasteiger partial charge < -0.3 is 10.0 Å². The van der Waals surface area contributed by atoms with E-state index in [0.29, 0.717) is 28.8 Å². The average Bonchev–Trinajstić information content (AvgIpc) is 3.22. The summed E-state index contributed by atoms with van der Waals surface area (Å²) >= 11 is 7.48. The van der Waals surface area contributed by atoms with Gasteiger partial charge in [-0.2, -0.15) is 0 Å². The van der Waals surface area contributed by atoms with Crippen LogP contribution >= 0.6 is 22.9 Å². The minimum absolute atomic E-state index is 0.0284. The van der Waals surface area contributed by atoms with E-state index in [2.05, 4.69) is 10.3 Å². The molecule has 150 valence electrons. The zero-order valence-electron chi connectivity index (χ0n) is 15.7. The van der Waals surface area contributed by atoms with Crippen molar-refractivity contribution < 1.29 is 9.90 Å². The lowest BCUT2D eigenvalue weighted by Gasteiger charge is -2.42. The SMILES string of the molecule is O=C(c1cccs1)N1C[C@H](n2cc(C3CC3)nn2)[C@H](O)C[C@@H]1c1ccc(Cl)cc1. The fraction of sp³-hybridized carbons (Fsp3) is 0.381. The maximum absolute atomic E-state index is 13.3. The molecule has 2 fully saturated rings. The van der Waals surface area contributed by atoms with Crippen molar-refractivity contribution in [2.24, 2.45) is 0 Å². The van der Waals surface area contributed by atoms with Crippen molar-refractivity contribution in [1.82, 2.24) is 19.9 Å². The van der Waals surface area contributed by atoms with E-state index in [-0.39, 0.29) is 18.0 Å². The average molecular weight is 429 g/mol. The van der Waals surface area contributed by atoms with Crippen molar-refractivity contribution in [3.8, 4) is 0 Å². The Bertz CT molecular complexity index is 1000. The highest BCUT2D eigenvalue weighted by Gasteiger charge is 2.40. The molecule has 0 spiro atoms. The second kappa shape index (κ2) is 7.55. The second-order valence-corrected chi connectivity index (χ2v) is 9.15. The number of amides is 1. The Morgan fingerprint density at radius 2 is 2.00 bits per heavy atom. The van der Waals surface area contributed by atoms with Crippen LogP contribution < -0.4 is 0 Å². The van der Waals surface area contributed by atoms with Crippen LogP contribution in [0.1, 0.15) is 58.2 Å². The van der Waals surface area contributed by atoms with E-state index in [1.165, 1.54) is 11.3 Å². The number of carbonyl (C=O) groups is 1. The molecule has 1 aliphatic heterocycles. The van der Waals surface area contributed by atoms with Crippen molar-refractivity contribution >= 4 is 28.8 Å². The minimum Gasteiger partial charge on any atom is -0.391 e. The number of aliphatic hydroxyl groups is 1. The Morgan fingerprint density at radius 3 is 2.69 bits per heavy atom. The summed E-state index contributed by atoms with van der Waals surface area (Å²) in [7, 11) is 0. The number of benzene rings is 1. The van der Waals surface area contributed by atoms with Crippen LogP contribution in [0.25, 0.3) is 0 Å². The summed E-state index contributed by atoms with van der Waals surface area (Å²) in [5.41, 5.74) is 1.95. The number of carbonyl (C=O) groups excluding carboxylic acids is 1. The zero-order valence-corrected chi connectivity index (χ0v) is 17.3. The molecule has 1 N–H and O–H groups in total. The third kappa shape index (κ3) is 3.70. The smallest absolute Gasteiger partial charge is 0.264 e. The van der Waals surface area contributed by atoms with Gasteiger partial charge in [-0.05, 0) is 42.0 Å². The Hall–Kier alpha value is -2.22. The van der Waals surface area contributed by atoms with E-state index < -0.39 is 6.10 Å². The van der Waals surface area contributed by atoms with Gasteiger partial charge in [0.2, 0.25) is 0 Å². The number of piperidine rings is 1. The first-order valence-corrected chi connectivity index (χ1v) is 11.1. The highest BCUT2D eigenvalue weighted by atomic mass is 35.5. The number of hydrogen-bond donors (Lipinski definition) is 1. The summed E-state index contributed by atoms with van der Waals surface area (Å²) in [6.45, 7) is 0.374. The predicted octanol–water partition coefficient (Wildman–Crippen LogP) is 4.06. The maximum atomic E-state index is 13.3. The quantitative estimate of drug-likeness (QED) is 0.680. The summed E-state index contributed by atoms with van der Waals surface area (Å²) in [6, 6.07) is 10.7. The number of aromatic nitrogens is 3. The van der Waals surface area contributed by atoms with Gasteiger partial charge in [0, 0.05) is 30.1 Å². The van der Waals surface area contributed by atoms with Crippen LogP contribution in [-0.4, -0.2) is 43.6 Å². The summed E-state index contributed by atoms with van der Waals surface area (Å²) in [5.74, 6) is 0.467. The first-order valence-electron chi connectivity index (χ1n) is 9.80. The van der Waals surface area contributed by atoms with Crippen LogP contribution in [0.2, 0.25) is 5.02 Å². The molecule has 1 aliphatic carbocycles.